The van der Waals surface area contributed by atoms with E-state index in [2.05, 4.69) is 19.4 Å². The first-order valence-corrected chi connectivity index (χ1v) is 12.1. The van der Waals surface area contributed by atoms with Gasteiger partial charge in [0.2, 0.25) is 5.91 Å². The Morgan fingerprint density at radius 1 is 1.32 bits per heavy atom. The van der Waals surface area contributed by atoms with Gasteiger partial charge in [0.15, 0.2) is 5.16 Å². The van der Waals surface area contributed by atoms with Gasteiger partial charge >= 0.3 is 0 Å². The molecule has 8 heteroatoms. The second kappa shape index (κ2) is 8.55. The summed E-state index contributed by atoms with van der Waals surface area (Å²) in [6.45, 7) is 1.66. The SMILES string of the molecule is C[NH+](C)CCCn1c(SCC(=O)NC2CC2)nc2sc3c(c2c1=O)CCCC3. The van der Waals surface area contributed by atoms with E-state index in [1.165, 1.54) is 33.5 Å². The summed E-state index contributed by atoms with van der Waals surface area (Å²) in [6.07, 6.45) is 7.49. The topological polar surface area (TPSA) is 68.4 Å². The molecule has 1 saturated carbocycles. The molecule has 2 N–H and O–H groups in total. The first kappa shape index (κ1) is 19.9. The molecule has 6 nitrogen and oxygen atoms in total. The minimum absolute atomic E-state index is 0.0385. The Hall–Kier alpha value is -1.38. The summed E-state index contributed by atoms with van der Waals surface area (Å²) >= 11 is 3.08. The van der Waals surface area contributed by atoms with Gasteiger partial charge in [-0.1, -0.05) is 11.8 Å². The molecule has 0 aliphatic heterocycles. The quantitative estimate of drug-likeness (QED) is 0.497. The number of hydrogen-bond donors (Lipinski definition) is 2. The number of thiophene rings is 1. The Labute approximate surface area is 173 Å². The molecule has 0 saturated heterocycles. The predicted molar refractivity (Wildman–Crippen MR) is 115 cm³/mol. The van der Waals surface area contributed by atoms with Crippen molar-refractivity contribution in [1.82, 2.24) is 14.9 Å². The van der Waals surface area contributed by atoms with Crippen molar-refractivity contribution < 1.29 is 9.69 Å². The van der Waals surface area contributed by atoms with Gasteiger partial charge < -0.3 is 10.2 Å². The Balaban J connectivity index is 1.64. The molecule has 1 fully saturated rings. The van der Waals surface area contributed by atoms with Gasteiger partial charge in [0.1, 0.15) is 4.83 Å². The van der Waals surface area contributed by atoms with Crippen LogP contribution in [0.25, 0.3) is 10.2 Å². The summed E-state index contributed by atoms with van der Waals surface area (Å²) < 4.78 is 1.82. The Morgan fingerprint density at radius 2 is 2.11 bits per heavy atom. The summed E-state index contributed by atoms with van der Waals surface area (Å²) in [7, 11) is 4.24. The van der Waals surface area contributed by atoms with Crippen LogP contribution in [0.15, 0.2) is 9.95 Å². The molecule has 2 aliphatic carbocycles. The highest BCUT2D eigenvalue weighted by Crippen LogP contribution is 2.34. The zero-order chi connectivity index (χ0) is 19.7. The van der Waals surface area contributed by atoms with Crippen LogP contribution in [0.1, 0.15) is 42.5 Å². The Bertz CT molecular complexity index is 930. The fraction of sp³-hybridized carbons (Fsp3) is 0.650. The first-order chi connectivity index (χ1) is 13.5. The number of quaternary nitrogens is 1. The largest absolute Gasteiger partial charge is 0.353 e. The molecule has 4 rings (SSSR count). The van der Waals surface area contributed by atoms with Crippen LogP contribution in [-0.4, -0.2) is 47.9 Å². The Morgan fingerprint density at radius 3 is 2.86 bits per heavy atom. The van der Waals surface area contributed by atoms with E-state index in [4.69, 9.17) is 4.98 Å². The van der Waals surface area contributed by atoms with Gasteiger partial charge in [-0.2, -0.15) is 0 Å². The fourth-order valence-electron chi connectivity index (χ4n) is 3.75. The van der Waals surface area contributed by atoms with Crippen molar-refractivity contribution in [3.05, 3.63) is 20.8 Å². The molecular formula is C20H29N4O2S2+. The van der Waals surface area contributed by atoms with E-state index in [0.717, 1.165) is 55.3 Å². The molecule has 0 bridgehead atoms. The average Bonchev–Trinajstić information content (AvgIpc) is 3.39. The van der Waals surface area contributed by atoms with E-state index in [0.29, 0.717) is 23.5 Å². The number of carbonyl (C=O) groups excluding carboxylic acids is 1. The predicted octanol–water partition coefficient (Wildman–Crippen LogP) is 1.24. The van der Waals surface area contributed by atoms with E-state index in [9.17, 15) is 9.59 Å². The van der Waals surface area contributed by atoms with E-state index < -0.39 is 0 Å². The van der Waals surface area contributed by atoms with Crippen LogP contribution in [0.5, 0.6) is 0 Å². The fourth-order valence-corrected chi connectivity index (χ4v) is 5.88. The molecule has 0 radical (unpaired) electrons. The van der Waals surface area contributed by atoms with Crippen LogP contribution in [0.3, 0.4) is 0 Å². The third kappa shape index (κ3) is 4.44. The van der Waals surface area contributed by atoms with E-state index in [-0.39, 0.29) is 11.5 Å². The molecule has 2 heterocycles. The molecule has 1 amide bonds. The number of carbonyl (C=O) groups is 1. The maximum absolute atomic E-state index is 13.4. The van der Waals surface area contributed by atoms with Gasteiger partial charge in [-0.3, -0.25) is 14.2 Å². The summed E-state index contributed by atoms with van der Waals surface area (Å²) in [5, 5.41) is 4.54. The van der Waals surface area contributed by atoms with Gasteiger partial charge in [0, 0.05) is 23.9 Å². The second-order valence-electron chi connectivity index (χ2n) is 8.18. The molecule has 0 unspecified atom stereocenters. The lowest BCUT2D eigenvalue weighted by molar-refractivity contribution is -0.858. The summed E-state index contributed by atoms with van der Waals surface area (Å²) in [4.78, 5) is 34.0. The first-order valence-electron chi connectivity index (χ1n) is 10.3. The van der Waals surface area contributed by atoms with Gasteiger partial charge in [0.25, 0.3) is 5.56 Å². The number of amides is 1. The summed E-state index contributed by atoms with van der Waals surface area (Å²) in [5.74, 6) is 0.356. The third-order valence-corrected chi connectivity index (χ3v) is 7.54. The lowest BCUT2D eigenvalue weighted by Crippen LogP contribution is -3.05. The highest BCUT2D eigenvalue weighted by molar-refractivity contribution is 7.99. The molecule has 2 aliphatic rings. The molecule has 2 aromatic heterocycles. The second-order valence-corrected chi connectivity index (χ2v) is 10.2. The average molecular weight is 422 g/mol. The van der Waals surface area contributed by atoms with Gasteiger partial charge in [-0.15, -0.1) is 11.3 Å². The molecule has 28 heavy (non-hydrogen) atoms. The number of nitrogens with one attached hydrogen (secondary N) is 2. The van der Waals surface area contributed by atoms with Crippen LogP contribution in [-0.2, 0) is 24.2 Å². The molecule has 152 valence electrons. The molecule has 0 spiro atoms. The van der Waals surface area contributed by atoms with Gasteiger partial charge in [-0.25, -0.2) is 4.98 Å². The van der Waals surface area contributed by atoms with Gasteiger partial charge in [-0.05, 0) is 44.1 Å². The van der Waals surface area contributed by atoms with Crippen LogP contribution in [0.2, 0.25) is 0 Å². The Kier molecular flexibility index (Phi) is 6.08. The lowest BCUT2D eigenvalue weighted by Gasteiger charge is -2.14. The van der Waals surface area contributed by atoms with Crippen molar-refractivity contribution in [2.75, 3.05) is 26.4 Å². The smallest absolute Gasteiger partial charge is 0.263 e. The summed E-state index contributed by atoms with van der Waals surface area (Å²) in [6, 6.07) is 0.359. The normalized spacial score (nSPS) is 16.5. The monoisotopic (exact) mass is 421 g/mol. The number of aromatic nitrogens is 2. The standard InChI is InChI=1S/C20H28N4O2S2/c1-23(2)10-5-11-24-19(26)17-14-6-3-4-7-15(14)28-18(17)22-20(24)27-12-16(25)21-13-8-9-13/h13H,3-12H2,1-2H3,(H,21,25)/p+1. The van der Waals surface area contributed by atoms with Crippen LogP contribution in [0, 0.1) is 0 Å². The van der Waals surface area contributed by atoms with E-state index in [1.807, 2.05) is 4.57 Å². The summed E-state index contributed by atoms with van der Waals surface area (Å²) in [5.41, 5.74) is 1.32. The number of rotatable bonds is 8. The molecule has 0 aromatic carbocycles. The van der Waals surface area contributed by atoms with E-state index >= 15 is 0 Å². The van der Waals surface area contributed by atoms with Crippen molar-refractivity contribution in [3.8, 4) is 0 Å². The molecule has 2 aromatic rings. The number of aryl methyl sites for hydroxylation is 2. The highest BCUT2D eigenvalue weighted by Gasteiger charge is 2.25. The van der Waals surface area contributed by atoms with Crippen LogP contribution in [0.4, 0.5) is 0 Å². The number of hydrogen-bond acceptors (Lipinski definition) is 5. The van der Waals surface area contributed by atoms with Crippen molar-refractivity contribution in [2.24, 2.45) is 0 Å². The zero-order valence-corrected chi connectivity index (χ0v) is 18.3. The lowest BCUT2D eigenvalue weighted by atomic mass is 9.97. The van der Waals surface area contributed by atoms with Crippen molar-refractivity contribution in [1.29, 1.82) is 0 Å². The maximum atomic E-state index is 13.4. The van der Waals surface area contributed by atoms with Crippen molar-refractivity contribution in [2.45, 2.75) is 62.7 Å². The van der Waals surface area contributed by atoms with Crippen molar-refractivity contribution in [3.63, 3.8) is 0 Å². The maximum Gasteiger partial charge on any atom is 0.263 e. The number of fused-ring (bicyclic) bond motifs is 3. The highest BCUT2D eigenvalue weighted by atomic mass is 32.2. The van der Waals surface area contributed by atoms with Crippen molar-refractivity contribution >= 4 is 39.2 Å². The van der Waals surface area contributed by atoms with Crippen LogP contribution < -0.4 is 15.8 Å². The molecular weight excluding hydrogens is 392 g/mol. The number of nitrogens with zero attached hydrogens (tertiary/aromatic N) is 2. The number of thioether (sulfide) groups is 1. The van der Waals surface area contributed by atoms with Crippen LogP contribution >= 0.6 is 23.1 Å². The van der Waals surface area contributed by atoms with E-state index in [1.54, 1.807) is 11.3 Å². The molecule has 0 atom stereocenters. The minimum Gasteiger partial charge on any atom is -0.353 e. The third-order valence-electron chi connectivity index (χ3n) is 5.37. The minimum atomic E-state index is 0.0385. The van der Waals surface area contributed by atoms with Gasteiger partial charge in [0.05, 0.1) is 31.8 Å². The zero-order valence-electron chi connectivity index (χ0n) is 16.7.